The third-order valence-electron chi connectivity index (χ3n) is 3.16. The maximum absolute atomic E-state index is 4.73. The molecule has 18 heavy (non-hydrogen) atoms. The molecule has 0 saturated carbocycles. The van der Waals surface area contributed by atoms with Gasteiger partial charge in [0, 0.05) is 48.5 Å². The number of hydrogen-bond donors (Lipinski definition) is 1. The third kappa shape index (κ3) is 2.80. The van der Waals surface area contributed by atoms with E-state index in [4.69, 9.17) is 4.98 Å². The van der Waals surface area contributed by atoms with E-state index in [0.717, 1.165) is 31.2 Å². The van der Waals surface area contributed by atoms with Gasteiger partial charge in [0.1, 0.15) is 5.01 Å². The van der Waals surface area contributed by atoms with Gasteiger partial charge < -0.3 is 5.32 Å². The molecule has 0 aromatic carbocycles. The van der Waals surface area contributed by atoms with Crippen LogP contribution in [-0.4, -0.2) is 35.6 Å². The molecule has 1 atom stereocenters. The van der Waals surface area contributed by atoms with Crippen molar-refractivity contribution < 1.29 is 0 Å². The Labute approximate surface area is 115 Å². The minimum atomic E-state index is 0.591. The fourth-order valence-corrected chi connectivity index (χ4v) is 3.81. The highest BCUT2D eigenvalue weighted by Crippen LogP contribution is 2.26. The van der Waals surface area contributed by atoms with Crippen molar-refractivity contribution in [1.82, 2.24) is 15.2 Å². The minimum Gasteiger partial charge on any atom is -0.312 e. The average molecular weight is 279 g/mol. The summed E-state index contributed by atoms with van der Waals surface area (Å²) in [6.07, 6.45) is 0. The van der Waals surface area contributed by atoms with Gasteiger partial charge >= 0.3 is 0 Å². The van der Waals surface area contributed by atoms with Gasteiger partial charge in [0.25, 0.3) is 0 Å². The van der Waals surface area contributed by atoms with Gasteiger partial charge in [-0.25, -0.2) is 4.98 Å². The smallest absolute Gasteiger partial charge is 0.124 e. The van der Waals surface area contributed by atoms with Gasteiger partial charge in [-0.05, 0) is 18.4 Å². The van der Waals surface area contributed by atoms with Crippen LogP contribution in [0.15, 0.2) is 22.2 Å². The molecule has 2 aromatic rings. The lowest BCUT2D eigenvalue weighted by atomic mass is 10.2. The van der Waals surface area contributed by atoms with E-state index in [1.165, 1.54) is 11.3 Å². The Kier molecular flexibility index (Phi) is 3.75. The van der Waals surface area contributed by atoms with E-state index >= 15 is 0 Å². The average Bonchev–Trinajstić information content (AvgIpc) is 2.98. The Morgan fingerprint density at radius 2 is 2.44 bits per heavy atom. The summed E-state index contributed by atoms with van der Waals surface area (Å²) in [5.74, 6) is 0. The lowest BCUT2D eigenvalue weighted by molar-refractivity contribution is 0.198. The maximum atomic E-state index is 4.73. The van der Waals surface area contributed by atoms with Crippen molar-refractivity contribution in [3.05, 3.63) is 27.9 Å². The molecule has 3 heterocycles. The zero-order valence-corrected chi connectivity index (χ0v) is 12.1. The summed E-state index contributed by atoms with van der Waals surface area (Å²) in [7, 11) is 0. The van der Waals surface area contributed by atoms with Crippen molar-refractivity contribution in [2.75, 3.05) is 19.6 Å². The number of nitrogens with one attached hydrogen (secondary N) is 1. The van der Waals surface area contributed by atoms with Crippen LogP contribution in [0.5, 0.6) is 0 Å². The van der Waals surface area contributed by atoms with Crippen molar-refractivity contribution in [2.24, 2.45) is 0 Å². The van der Waals surface area contributed by atoms with Gasteiger partial charge in [-0.2, -0.15) is 11.3 Å². The summed E-state index contributed by atoms with van der Waals surface area (Å²) < 4.78 is 0. The van der Waals surface area contributed by atoms with Gasteiger partial charge in [-0.1, -0.05) is 0 Å². The molecule has 0 spiro atoms. The molecule has 3 rings (SSSR count). The first-order chi connectivity index (χ1) is 8.81. The lowest BCUT2D eigenvalue weighted by Crippen LogP contribution is -2.48. The molecule has 0 radical (unpaired) electrons. The van der Waals surface area contributed by atoms with Crippen LogP contribution < -0.4 is 5.32 Å². The lowest BCUT2D eigenvalue weighted by Gasteiger charge is -2.31. The first-order valence-electron chi connectivity index (χ1n) is 6.24. The second-order valence-corrected chi connectivity index (χ2v) is 6.38. The van der Waals surface area contributed by atoms with Crippen molar-refractivity contribution in [2.45, 2.75) is 19.5 Å². The van der Waals surface area contributed by atoms with E-state index in [1.54, 1.807) is 22.7 Å². The van der Waals surface area contributed by atoms with Crippen LogP contribution in [-0.2, 0) is 6.54 Å². The monoisotopic (exact) mass is 279 g/mol. The second-order valence-electron chi connectivity index (χ2n) is 4.75. The van der Waals surface area contributed by atoms with Crippen LogP contribution in [0, 0.1) is 0 Å². The van der Waals surface area contributed by atoms with Crippen molar-refractivity contribution in [1.29, 1.82) is 0 Å². The van der Waals surface area contributed by atoms with E-state index in [2.05, 4.69) is 39.3 Å². The Bertz CT molecular complexity index is 492. The first kappa shape index (κ1) is 12.3. The Morgan fingerprint density at radius 3 is 3.22 bits per heavy atom. The third-order valence-corrected chi connectivity index (χ3v) is 4.78. The van der Waals surface area contributed by atoms with Gasteiger partial charge in [0.2, 0.25) is 0 Å². The van der Waals surface area contributed by atoms with E-state index in [9.17, 15) is 0 Å². The molecule has 0 unspecified atom stereocenters. The SMILES string of the molecule is C[C@@H]1CN(Cc2csc(-c3ccsc3)n2)CCN1. The number of thiazole rings is 1. The topological polar surface area (TPSA) is 28.2 Å². The summed E-state index contributed by atoms with van der Waals surface area (Å²) in [5.41, 5.74) is 2.46. The van der Waals surface area contributed by atoms with E-state index in [0.29, 0.717) is 6.04 Å². The molecule has 96 valence electrons. The number of piperazine rings is 1. The van der Waals surface area contributed by atoms with Crippen LogP contribution in [0.25, 0.3) is 10.6 Å². The molecule has 1 aliphatic heterocycles. The largest absolute Gasteiger partial charge is 0.312 e. The number of rotatable bonds is 3. The van der Waals surface area contributed by atoms with E-state index < -0.39 is 0 Å². The van der Waals surface area contributed by atoms with Crippen molar-refractivity contribution in [3.8, 4) is 10.6 Å². The molecule has 1 saturated heterocycles. The Hall–Kier alpha value is -0.750. The molecule has 1 aliphatic rings. The molecule has 5 heteroatoms. The molecular formula is C13H17N3S2. The molecular weight excluding hydrogens is 262 g/mol. The van der Waals surface area contributed by atoms with Crippen LogP contribution in [0.3, 0.4) is 0 Å². The molecule has 2 aromatic heterocycles. The normalized spacial score (nSPS) is 21.3. The summed E-state index contributed by atoms with van der Waals surface area (Å²) in [4.78, 5) is 7.21. The summed E-state index contributed by atoms with van der Waals surface area (Å²) >= 11 is 3.48. The predicted molar refractivity (Wildman–Crippen MR) is 78.2 cm³/mol. The number of hydrogen-bond acceptors (Lipinski definition) is 5. The predicted octanol–water partition coefficient (Wildman–Crippen LogP) is 2.67. The van der Waals surface area contributed by atoms with Crippen molar-refractivity contribution in [3.63, 3.8) is 0 Å². The zero-order chi connectivity index (χ0) is 12.4. The molecule has 1 N–H and O–H groups in total. The van der Waals surface area contributed by atoms with Crippen LogP contribution in [0.2, 0.25) is 0 Å². The first-order valence-corrected chi connectivity index (χ1v) is 8.06. The standard InChI is InChI=1S/C13H17N3S2/c1-10-6-16(4-3-14-10)7-12-9-18-13(15-12)11-2-5-17-8-11/h2,5,8-10,14H,3-4,6-7H2,1H3/t10-/m1/s1. The summed E-state index contributed by atoms with van der Waals surface area (Å²) in [5, 5.41) is 11.1. The Balaban J connectivity index is 1.66. The minimum absolute atomic E-state index is 0.591. The number of aromatic nitrogens is 1. The summed E-state index contributed by atoms with van der Waals surface area (Å²) in [6.45, 7) is 6.54. The van der Waals surface area contributed by atoms with Crippen LogP contribution in [0.4, 0.5) is 0 Å². The molecule has 0 bridgehead atoms. The van der Waals surface area contributed by atoms with Gasteiger partial charge in [-0.3, -0.25) is 4.90 Å². The van der Waals surface area contributed by atoms with E-state index in [-0.39, 0.29) is 0 Å². The van der Waals surface area contributed by atoms with Gasteiger partial charge in [0.05, 0.1) is 5.69 Å². The molecule has 0 amide bonds. The van der Waals surface area contributed by atoms with Gasteiger partial charge in [0.15, 0.2) is 0 Å². The maximum Gasteiger partial charge on any atom is 0.124 e. The fraction of sp³-hybridized carbons (Fsp3) is 0.462. The number of thiophene rings is 1. The highest BCUT2D eigenvalue weighted by molar-refractivity contribution is 7.14. The fourth-order valence-electron chi connectivity index (χ4n) is 2.28. The number of nitrogens with zero attached hydrogens (tertiary/aromatic N) is 2. The zero-order valence-electron chi connectivity index (χ0n) is 10.4. The molecule has 0 aliphatic carbocycles. The second kappa shape index (κ2) is 5.48. The van der Waals surface area contributed by atoms with Gasteiger partial charge in [-0.15, -0.1) is 11.3 Å². The molecule has 1 fully saturated rings. The van der Waals surface area contributed by atoms with Crippen molar-refractivity contribution >= 4 is 22.7 Å². The highest BCUT2D eigenvalue weighted by atomic mass is 32.1. The molecule has 3 nitrogen and oxygen atoms in total. The van der Waals surface area contributed by atoms with Crippen LogP contribution >= 0.6 is 22.7 Å². The Morgan fingerprint density at radius 1 is 1.50 bits per heavy atom. The van der Waals surface area contributed by atoms with Crippen LogP contribution in [0.1, 0.15) is 12.6 Å². The quantitative estimate of drug-likeness (QED) is 0.936. The highest BCUT2D eigenvalue weighted by Gasteiger charge is 2.16. The summed E-state index contributed by atoms with van der Waals surface area (Å²) in [6, 6.07) is 2.73. The van der Waals surface area contributed by atoms with E-state index in [1.807, 2.05) is 0 Å².